The van der Waals surface area contributed by atoms with Gasteiger partial charge in [0.15, 0.2) is 5.69 Å². The number of amides is 1. The predicted molar refractivity (Wildman–Crippen MR) is 76.7 cm³/mol. The van der Waals surface area contributed by atoms with E-state index in [0.29, 0.717) is 11.2 Å². The summed E-state index contributed by atoms with van der Waals surface area (Å²) in [7, 11) is 1.15. The summed E-state index contributed by atoms with van der Waals surface area (Å²) in [5.74, 6) is -0.660. The lowest BCUT2D eigenvalue weighted by molar-refractivity contribution is -0.143. The molecule has 1 unspecified atom stereocenters. The van der Waals surface area contributed by atoms with E-state index >= 15 is 0 Å². The summed E-state index contributed by atoms with van der Waals surface area (Å²) in [4.78, 5) is 12.1. The molecular formula is C14H18F3N5O. The third-order valence-electron chi connectivity index (χ3n) is 3.53. The maximum absolute atomic E-state index is 12.7. The van der Waals surface area contributed by atoms with Crippen molar-refractivity contribution in [2.75, 3.05) is 0 Å². The maximum Gasteiger partial charge on any atom is 0.433 e. The number of alkyl halides is 3. The Balaban J connectivity index is 2.17. The molecule has 1 atom stereocenters. The lowest BCUT2D eigenvalue weighted by Gasteiger charge is -2.11. The van der Waals surface area contributed by atoms with Gasteiger partial charge >= 0.3 is 6.18 Å². The molecule has 0 aromatic carbocycles. The van der Waals surface area contributed by atoms with Crippen LogP contribution in [0, 0.1) is 6.92 Å². The van der Waals surface area contributed by atoms with Gasteiger partial charge < -0.3 is 5.32 Å². The van der Waals surface area contributed by atoms with Crippen LogP contribution < -0.4 is 5.32 Å². The number of hydrogen-bond donors (Lipinski definition) is 1. The van der Waals surface area contributed by atoms with Gasteiger partial charge in [0.1, 0.15) is 5.69 Å². The first-order valence-corrected chi connectivity index (χ1v) is 7.09. The highest BCUT2D eigenvalue weighted by molar-refractivity contribution is 5.92. The van der Waals surface area contributed by atoms with Gasteiger partial charge in [0.25, 0.3) is 5.91 Å². The lowest BCUT2D eigenvalue weighted by atomic mass is 10.1. The molecule has 0 aliphatic carbocycles. The van der Waals surface area contributed by atoms with Crippen LogP contribution in [0.15, 0.2) is 12.3 Å². The van der Waals surface area contributed by atoms with E-state index in [1.54, 1.807) is 17.8 Å². The van der Waals surface area contributed by atoms with Gasteiger partial charge in [-0.05, 0) is 20.8 Å². The Kier molecular flexibility index (Phi) is 4.49. The summed E-state index contributed by atoms with van der Waals surface area (Å²) in [6.45, 7) is 6.19. The van der Waals surface area contributed by atoms with Gasteiger partial charge in [0.05, 0.1) is 11.7 Å². The molecule has 9 heteroatoms. The second-order valence-electron chi connectivity index (χ2n) is 5.26. The fourth-order valence-corrected chi connectivity index (χ4v) is 2.31. The Labute approximate surface area is 131 Å². The van der Waals surface area contributed by atoms with E-state index < -0.39 is 17.8 Å². The molecule has 6 nitrogen and oxygen atoms in total. The number of aryl methyl sites for hydroxylation is 3. The molecule has 0 spiro atoms. The summed E-state index contributed by atoms with van der Waals surface area (Å²) in [6.07, 6.45) is -2.75. The first-order chi connectivity index (χ1) is 10.6. The Bertz CT molecular complexity index is 717. The van der Waals surface area contributed by atoms with Gasteiger partial charge in [-0.25, -0.2) is 0 Å². The largest absolute Gasteiger partial charge is 0.433 e. The minimum absolute atomic E-state index is 0.271. The summed E-state index contributed by atoms with van der Waals surface area (Å²) in [5.41, 5.74) is 0.335. The van der Waals surface area contributed by atoms with Crippen molar-refractivity contribution in [1.82, 2.24) is 24.9 Å². The second kappa shape index (κ2) is 6.05. The summed E-state index contributed by atoms with van der Waals surface area (Å²) in [6, 6.07) is 0.351. The van der Waals surface area contributed by atoms with E-state index in [9.17, 15) is 18.0 Å². The van der Waals surface area contributed by atoms with Gasteiger partial charge in [-0.2, -0.15) is 23.4 Å². The summed E-state index contributed by atoms with van der Waals surface area (Å²) >= 11 is 0. The van der Waals surface area contributed by atoms with E-state index in [4.69, 9.17) is 0 Å². The van der Waals surface area contributed by atoms with Crippen molar-refractivity contribution in [3.05, 3.63) is 34.9 Å². The molecule has 0 saturated carbocycles. The van der Waals surface area contributed by atoms with E-state index in [2.05, 4.69) is 15.5 Å². The van der Waals surface area contributed by atoms with Crippen LogP contribution in [0.4, 0.5) is 13.2 Å². The molecule has 0 saturated heterocycles. The SMILES string of the molecule is CCn1cc(C(C)NC(=O)c2cc(C(F)(F)F)n(C)n2)c(C)n1. The number of halogens is 3. The fourth-order valence-electron chi connectivity index (χ4n) is 2.31. The molecule has 0 fully saturated rings. The van der Waals surface area contributed by atoms with Crippen molar-refractivity contribution in [3.63, 3.8) is 0 Å². The van der Waals surface area contributed by atoms with E-state index in [0.717, 1.165) is 24.4 Å². The quantitative estimate of drug-likeness (QED) is 0.937. The van der Waals surface area contributed by atoms with Crippen molar-refractivity contribution >= 4 is 5.91 Å². The number of hydrogen-bond acceptors (Lipinski definition) is 3. The van der Waals surface area contributed by atoms with Crippen LogP contribution in [0.2, 0.25) is 0 Å². The van der Waals surface area contributed by atoms with Gasteiger partial charge in [0.2, 0.25) is 0 Å². The molecule has 2 aromatic rings. The van der Waals surface area contributed by atoms with Crippen LogP contribution >= 0.6 is 0 Å². The summed E-state index contributed by atoms with van der Waals surface area (Å²) in [5, 5.41) is 10.6. The summed E-state index contributed by atoms with van der Waals surface area (Å²) < 4.78 is 40.6. The first kappa shape index (κ1) is 17.0. The molecule has 0 radical (unpaired) electrons. The normalized spacial score (nSPS) is 13.2. The molecule has 0 aliphatic heterocycles. The standard InChI is InChI=1S/C14H18F3N5O/c1-5-22-7-10(9(3)19-22)8(2)18-13(23)11-6-12(14(15,16)17)21(4)20-11/h6-8H,5H2,1-4H3,(H,18,23). The van der Waals surface area contributed by atoms with E-state index in [-0.39, 0.29) is 11.7 Å². The number of nitrogens with zero attached hydrogens (tertiary/aromatic N) is 4. The zero-order valence-corrected chi connectivity index (χ0v) is 13.3. The molecule has 2 aromatic heterocycles. The van der Waals surface area contributed by atoms with Gasteiger partial charge in [-0.1, -0.05) is 0 Å². The number of carbonyl (C=O) groups excluding carboxylic acids is 1. The van der Waals surface area contributed by atoms with Crippen molar-refractivity contribution in [2.45, 2.75) is 39.5 Å². The average molecular weight is 329 g/mol. The van der Waals surface area contributed by atoms with Crippen LogP contribution in [0.3, 0.4) is 0 Å². The fraction of sp³-hybridized carbons (Fsp3) is 0.500. The number of nitrogens with one attached hydrogen (secondary N) is 1. The molecule has 2 heterocycles. The van der Waals surface area contributed by atoms with Gasteiger partial charge in [0, 0.05) is 31.4 Å². The van der Waals surface area contributed by atoms with Crippen LogP contribution in [-0.4, -0.2) is 25.5 Å². The number of aromatic nitrogens is 4. The highest BCUT2D eigenvalue weighted by Crippen LogP contribution is 2.29. The zero-order valence-electron chi connectivity index (χ0n) is 13.3. The molecule has 126 valence electrons. The molecule has 0 bridgehead atoms. The monoisotopic (exact) mass is 329 g/mol. The predicted octanol–water partition coefficient (Wildman–Crippen LogP) is 2.45. The third kappa shape index (κ3) is 3.54. The topological polar surface area (TPSA) is 64.7 Å². The van der Waals surface area contributed by atoms with Gasteiger partial charge in [-0.15, -0.1) is 0 Å². The second-order valence-corrected chi connectivity index (χ2v) is 5.26. The van der Waals surface area contributed by atoms with Crippen LogP contribution in [0.25, 0.3) is 0 Å². The zero-order chi connectivity index (χ0) is 17.4. The Morgan fingerprint density at radius 2 is 2.04 bits per heavy atom. The van der Waals surface area contributed by atoms with Crippen molar-refractivity contribution < 1.29 is 18.0 Å². The maximum atomic E-state index is 12.7. The first-order valence-electron chi connectivity index (χ1n) is 7.09. The minimum atomic E-state index is -4.55. The Morgan fingerprint density at radius 3 is 2.52 bits per heavy atom. The minimum Gasteiger partial charge on any atom is -0.344 e. The lowest BCUT2D eigenvalue weighted by Crippen LogP contribution is -2.27. The molecule has 1 N–H and O–H groups in total. The van der Waals surface area contributed by atoms with Crippen LogP contribution in [-0.2, 0) is 19.8 Å². The molecular weight excluding hydrogens is 311 g/mol. The smallest absolute Gasteiger partial charge is 0.344 e. The van der Waals surface area contributed by atoms with Crippen molar-refractivity contribution in [2.24, 2.45) is 7.05 Å². The van der Waals surface area contributed by atoms with Crippen molar-refractivity contribution in [1.29, 1.82) is 0 Å². The molecule has 2 rings (SSSR count). The van der Waals surface area contributed by atoms with E-state index in [1.807, 2.05) is 13.8 Å². The van der Waals surface area contributed by atoms with E-state index in [1.165, 1.54) is 0 Å². The van der Waals surface area contributed by atoms with Crippen LogP contribution in [0.5, 0.6) is 0 Å². The Hall–Kier alpha value is -2.32. The molecule has 0 aliphatic rings. The Morgan fingerprint density at radius 1 is 1.39 bits per heavy atom. The molecule has 23 heavy (non-hydrogen) atoms. The average Bonchev–Trinajstić information content (AvgIpc) is 3.01. The molecule has 1 amide bonds. The van der Waals surface area contributed by atoms with Crippen LogP contribution in [0.1, 0.15) is 47.3 Å². The highest BCUT2D eigenvalue weighted by atomic mass is 19.4. The van der Waals surface area contributed by atoms with Gasteiger partial charge in [-0.3, -0.25) is 14.2 Å². The number of carbonyl (C=O) groups is 1. The van der Waals surface area contributed by atoms with Crippen molar-refractivity contribution in [3.8, 4) is 0 Å². The number of rotatable bonds is 4. The third-order valence-corrected chi connectivity index (χ3v) is 3.53. The highest BCUT2D eigenvalue weighted by Gasteiger charge is 2.35.